The number of carbonyl (C=O) groups is 1. The number of methoxy groups -OCH3 is 1. The summed E-state index contributed by atoms with van der Waals surface area (Å²) in [6, 6.07) is 14.1. The molecule has 3 aromatic rings. The summed E-state index contributed by atoms with van der Waals surface area (Å²) in [6.45, 7) is 4.56. The maximum atomic E-state index is 13.1. The zero-order valence-corrected chi connectivity index (χ0v) is 19.7. The highest BCUT2D eigenvalue weighted by molar-refractivity contribution is 9.10. The van der Waals surface area contributed by atoms with Crippen molar-refractivity contribution in [3.8, 4) is 5.75 Å². The number of nitrogens with zero attached hydrogens (tertiary/aromatic N) is 1. The van der Waals surface area contributed by atoms with E-state index in [1.165, 1.54) is 31.2 Å². The Hall–Kier alpha value is -2.31. The number of carbonyl (C=O) groups excluding carboxylic acids is 1. The first-order valence-corrected chi connectivity index (χ1v) is 11.7. The molecule has 2 aromatic carbocycles. The van der Waals surface area contributed by atoms with Crippen molar-refractivity contribution in [3.05, 3.63) is 63.8 Å². The van der Waals surface area contributed by atoms with E-state index in [9.17, 15) is 4.79 Å². The predicted octanol–water partition coefficient (Wildman–Crippen LogP) is 5.86. The Labute approximate surface area is 191 Å². The molecular weight excluding hydrogens is 456 g/mol. The number of nitrogens with one attached hydrogen (secondary N) is 1. The third-order valence-electron chi connectivity index (χ3n) is 6.14. The molecule has 1 aromatic heterocycles. The molecule has 6 heteroatoms. The summed E-state index contributed by atoms with van der Waals surface area (Å²) in [5, 5.41) is 4.11. The fourth-order valence-electron chi connectivity index (χ4n) is 4.38. The van der Waals surface area contributed by atoms with Gasteiger partial charge in [0.2, 0.25) is 0 Å². The van der Waals surface area contributed by atoms with E-state index in [0.717, 1.165) is 39.8 Å². The largest absolute Gasteiger partial charge is 0.497 e. The highest BCUT2D eigenvalue weighted by Gasteiger charge is 2.24. The van der Waals surface area contributed by atoms with E-state index in [0.29, 0.717) is 12.3 Å². The zero-order valence-electron chi connectivity index (χ0n) is 18.1. The molecule has 4 rings (SSSR count). The van der Waals surface area contributed by atoms with Crippen LogP contribution in [-0.2, 0) is 0 Å². The van der Waals surface area contributed by atoms with Gasteiger partial charge in [-0.25, -0.2) is 0 Å². The molecule has 0 saturated carbocycles. The summed E-state index contributed by atoms with van der Waals surface area (Å²) in [4.78, 5) is 15.5. The molecule has 1 amide bonds. The number of fused-ring (bicyclic) bond motifs is 1. The van der Waals surface area contributed by atoms with Gasteiger partial charge >= 0.3 is 0 Å². The lowest BCUT2D eigenvalue weighted by atomic mass is 10.0. The minimum absolute atomic E-state index is 0.117. The topological polar surface area (TPSA) is 54.7 Å². The standard InChI is InChI=1S/C25H29BrN2O3/c1-17-21-12-9-19(26)15-23(21)31-24(17)25(29)27-16-22(28-13-5-3-4-6-14-28)18-7-10-20(30-2)11-8-18/h7-12,15,22H,3-6,13-14,16H2,1-2H3,(H,27,29)/t22-/m1/s1. The molecular formula is C25H29BrN2O3. The Kier molecular flexibility index (Phi) is 6.98. The van der Waals surface area contributed by atoms with Crippen LogP contribution < -0.4 is 10.1 Å². The maximum absolute atomic E-state index is 13.1. The quantitative estimate of drug-likeness (QED) is 0.475. The van der Waals surface area contributed by atoms with Crippen LogP contribution in [0.5, 0.6) is 5.75 Å². The van der Waals surface area contributed by atoms with Gasteiger partial charge in [0.1, 0.15) is 11.3 Å². The number of ether oxygens (including phenoxy) is 1. The van der Waals surface area contributed by atoms with Gasteiger partial charge in [0, 0.05) is 22.0 Å². The molecule has 1 aliphatic rings. The summed E-state index contributed by atoms with van der Waals surface area (Å²) in [5.74, 6) is 1.06. The molecule has 5 nitrogen and oxygen atoms in total. The van der Waals surface area contributed by atoms with Gasteiger partial charge in [-0.15, -0.1) is 0 Å². The average molecular weight is 485 g/mol. The van der Waals surface area contributed by atoms with Gasteiger partial charge in [-0.05, 0) is 68.8 Å². The number of benzene rings is 2. The minimum atomic E-state index is -0.168. The van der Waals surface area contributed by atoms with Gasteiger partial charge in [0.05, 0.1) is 13.2 Å². The minimum Gasteiger partial charge on any atom is -0.497 e. The molecule has 0 aliphatic carbocycles. The molecule has 0 unspecified atom stereocenters. The molecule has 1 aliphatic heterocycles. The van der Waals surface area contributed by atoms with Crippen molar-refractivity contribution in [2.45, 2.75) is 38.6 Å². The fourth-order valence-corrected chi connectivity index (χ4v) is 4.72. The van der Waals surface area contributed by atoms with Gasteiger partial charge in [0.15, 0.2) is 5.76 Å². The van der Waals surface area contributed by atoms with Crippen molar-refractivity contribution >= 4 is 32.8 Å². The number of halogens is 1. The number of hydrogen-bond donors (Lipinski definition) is 1. The summed E-state index contributed by atoms with van der Waals surface area (Å²) in [5.41, 5.74) is 2.78. The summed E-state index contributed by atoms with van der Waals surface area (Å²) in [7, 11) is 1.68. The summed E-state index contributed by atoms with van der Waals surface area (Å²) < 4.78 is 12.2. The van der Waals surface area contributed by atoms with Crippen molar-refractivity contribution in [2.24, 2.45) is 0 Å². The number of hydrogen-bond acceptors (Lipinski definition) is 4. The van der Waals surface area contributed by atoms with E-state index in [1.54, 1.807) is 7.11 Å². The molecule has 0 radical (unpaired) electrons. The first-order valence-electron chi connectivity index (χ1n) is 10.9. The van der Waals surface area contributed by atoms with Crippen molar-refractivity contribution in [1.82, 2.24) is 10.2 Å². The Balaban J connectivity index is 1.55. The third kappa shape index (κ3) is 4.96. The van der Waals surface area contributed by atoms with Gasteiger partial charge in [0.25, 0.3) is 5.91 Å². The third-order valence-corrected chi connectivity index (χ3v) is 6.64. The number of rotatable bonds is 6. The number of furan rings is 1. The lowest BCUT2D eigenvalue weighted by Crippen LogP contribution is -2.38. The fraction of sp³-hybridized carbons (Fsp3) is 0.400. The molecule has 31 heavy (non-hydrogen) atoms. The lowest BCUT2D eigenvalue weighted by molar-refractivity contribution is 0.0907. The van der Waals surface area contributed by atoms with Gasteiger partial charge < -0.3 is 14.5 Å². The van der Waals surface area contributed by atoms with E-state index >= 15 is 0 Å². The van der Waals surface area contributed by atoms with Crippen molar-refractivity contribution in [3.63, 3.8) is 0 Å². The Bertz CT molecular complexity index is 1040. The first kappa shape index (κ1) is 21.9. The SMILES string of the molecule is COc1ccc([C@@H](CNC(=O)c2oc3cc(Br)ccc3c2C)N2CCCCCC2)cc1. The molecule has 1 N–H and O–H groups in total. The Morgan fingerprint density at radius 1 is 1.13 bits per heavy atom. The van der Waals surface area contributed by atoms with Crippen LogP contribution in [0.2, 0.25) is 0 Å². The Morgan fingerprint density at radius 2 is 1.84 bits per heavy atom. The van der Waals surface area contributed by atoms with Crippen LogP contribution in [-0.4, -0.2) is 37.6 Å². The second-order valence-corrected chi connectivity index (χ2v) is 9.06. The van der Waals surface area contributed by atoms with Gasteiger partial charge in [-0.1, -0.05) is 40.9 Å². The van der Waals surface area contributed by atoms with Crippen LogP contribution in [0, 0.1) is 6.92 Å². The van der Waals surface area contributed by atoms with Crippen molar-refractivity contribution < 1.29 is 13.9 Å². The van der Waals surface area contributed by atoms with Crippen LogP contribution in [0.1, 0.15) is 53.4 Å². The van der Waals surface area contributed by atoms with Gasteiger partial charge in [-0.2, -0.15) is 0 Å². The second kappa shape index (κ2) is 9.88. The van der Waals surface area contributed by atoms with E-state index in [-0.39, 0.29) is 11.9 Å². The highest BCUT2D eigenvalue weighted by atomic mass is 79.9. The van der Waals surface area contributed by atoms with Gasteiger partial charge in [-0.3, -0.25) is 9.69 Å². The molecule has 0 spiro atoms. The highest BCUT2D eigenvalue weighted by Crippen LogP contribution is 2.29. The smallest absolute Gasteiger partial charge is 0.287 e. The second-order valence-electron chi connectivity index (χ2n) is 8.15. The normalized spacial score (nSPS) is 16.1. The Morgan fingerprint density at radius 3 is 2.52 bits per heavy atom. The van der Waals surface area contributed by atoms with Crippen molar-refractivity contribution in [1.29, 1.82) is 0 Å². The molecule has 2 heterocycles. The lowest BCUT2D eigenvalue weighted by Gasteiger charge is -2.31. The molecule has 0 bridgehead atoms. The van der Waals surface area contributed by atoms with E-state index in [4.69, 9.17) is 9.15 Å². The van der Waals surface area contributed by atoms with Crippen LogP contribution in [0.15, 0.2) is 51.4 Å². The van der Waals surface area contributed by atoms with Crippen LogP contribution in [0.3, 0.4) is 0 Å². The maximum Gasteiger partial charge on any atom is 0.287 e. The van der Waals surface area contributed by atoms with E-state index in [2.05, 4.69) is 38.3 Å². The molecule has 1 fully saturated rings. The monoisotopic (exact) mass is 484 g/mol. The molecule has 1 atom stereocenters. The number of likely N-dealkylation sites (tertiary alicyclic amines) is 1. The average Bonchev–Trinajstić information content (AvgIpc) is 2.94. The van der Waals surface area contributed by atoms with Crippen LogP contribution in [0.25, 0.3) is 11.0 Å². The van der Waals surface area contributed by atoms with E-state index in [1.807, 2.05) is 37.3 Å². The summed E-state index contributed by atoms with van der Waals surface area (Å²) in [6.07, 6.45) is 4.92. The number of aryl methyl sites for hydroxylation is 1. The molecule has 1 saturated heterocycles. The summed E-state index contributed by atoms with van der Waals surface area (Å²) >= 11 is 3.46. The van der Waals surface area contributed by atoms with Crippen molar-refractivity contribution in [2.75, 3.05) is 26.7 Å². The molecule has 164 valence electrons. The van der Waals surface area contributed by atoms with Crippen LogP contribution in [0.4, 0.5) is 0 Å². The first-order chi connectivity index (χ1) is 15.1. The van der Waals surface area contributed by atoms with E-state index < -0.39 is 0 Å². The number of amides is 1. The zero-order chi connectivity index (χ0) is 21.8. The predicted molar refractivity (Wildman–Crippen MR) is 127 cm³/mol. The van der Waals surface area contributed by atoms with Crippen LogP contribution >= 0.6 is 15.9 Å².